The van der Waals surface area contributed by atoms with E-state index in [-0.39, 0.29) is 0 Å². The summed E-state index contributed by atoms with van der Waals surface area (Å²) in [5, 5.41) is 11.1. The third-order valence-corrected chi connectivity index (χ3v) is 5.05. The van der Waals surface area contributed by atoms with Crippen molar-refractivity contribution >= 4 is 14.9 Å². The number of hydrogen-bond donors (Lipinski definition) is 1. The summed E-state index contributed by atoms with van der Waals surface area (Å²) >= 11 is 0. The molecule has 0 aromatic heterocycles. The molecule has 1 heterocycles. The highest BCUT2D eigenvalue weighted by molar-refractivity contribution is 6.71. The monoisotopic (exact) mass is 227 g/mol. The maximum atomic E-state index is 9.62. The molecule has 1 nitrogen and oxygen atoms in total. The van der Waals surface area contributed by atoms with Gasteiger partial charge in [0.25, 0.3) is 0 Å². The topological polar surface area (TPSA) is 20.2 Å². The number of rotatable bonds is 2. The van der Waals surface area contributed by atoms with Crippen LogP contribution in [0.25, 0.3) is 6.08 Å². The Labute approximate surface area is 98.0 Å². The van der Waals surface area contributed by atoms with Crippen LogP contribution in [0.15, 0.2) is 52.9 Å². The maximum absolute atomic E-state index is 9.62. The fourth-order valence-electron chi connectivity index (χ4n) is 1.68. The van der Waals surface area contributed by atoms with Gasteiger partial charge in [-0.1, -0.05) is 53.9 Å². The molecule has 2 heteroatoms. The van der Waals surface area contributed by atoms with Crippen LogP contribution in [-0.4, -0.2) is 13.9 Å². The molecule has 0 amide bonds. The number of para-hydroxylation sites is 1. The summed E-state index contributed by atoms with van der Waals surface area (Å²) in [6.07, 6.45) is 6.24. The fourth-order valence-corrected chi connectivity index (χ4v) is 2.98. The minimum Gasteiger partial charge on any atom is -0.507 e. The lowest BCUT2D eigenvalue weighted by Gasteiger charge is -2.00. The molecule has 81 valence electrons. The summed E-state index contributed by atoms with van der Waals surface area (Å²) in [5.41, 5.74) is 4.46. The molecule has 1 radical (unpaired) electrons. The first-order valence-electron chi connectivity index (χ1n) is 5.37. The van der Waals surface area contributed by atoms with E-state index in [0.29, 0.717) is 5.75 Å². The van der Waals surface area contributed by atoms with Gasteiger partial charge < -0.3 is 5.11 Å². The predicted molar refractivity (Wildman–Crippen MR) is 70.6 cm³/mol. The lowest BCUT2D eigenvalue weighted by atomic mass is 10.1. The molecule has 2 rings (SSSR count). The van der Waals surface area contributed by atoms with Crippen molar-refractivity contribution in [2.75, 3.05) is 0 Å². The zero-order valence-corrected chi connectivity index (χ0v) is 10.6. The maximum Gasteiger partial charge on any atom is 0.122 e. The highest BCUT2D eigenvalue weighted by atomic mass is 28.3. The molecule has 1 aromatic rings. The summed E-state index contributed by atoms with van der Waals surface area (Å²) in [6.45, 7) is 4.48. The number of aromatic hydroxyl groups is 1. The van der Waals surface area contributed by atoms with Crippen LogP contribution >= 0.6 is 0 Å². The zero-order chi connectivity index (χ0) is 11.5. The van der Waals surface area contributed by atoms with E-state index in [1.807, 2.05) is 24.3 Å². The Bertz CT molecular complexity index is 483. The van der Waals surface area contributed by atoms with E-state index in [2.05, 4.69) is 31.3 Å². The Morgan fingerprint density at radius 2 is 1.94 bits per heavy atom. The van der Waals surface area contributed by atoms with Crippen LogP contribution < -0.4 is 0 Å². The van der Waals surface area contributed by atoms with Gasteiger partial charge in [0, 0.05) is 5.56 Å². The lowest BCUT2D eigenvalue weighted by Crippen LogP contribution is -2.01. The van der Waals surface area contributed by atoms with Gasteiger partial charge in [0.1, 0.15) is 14.5 Å². The number of phenols is 1. The first kappa shape index (κ1) is 11.0. The normalized spacial score (nSPS) is 16.6. The Kier molecular flexibility index (Phi) is 3.11. The predicted octanol–water partition coefficient (Wildman–Crippen LogP) is 3.49. The smallest absolute Gasteiger partial charge is 0.122 e. The second-order valence-electron chi connectivity index (χ2n) is 3.99. The third kappa shape index (κ3) is 2.17. The molecule has 0 unspecified atom stereocenters. The van der Waals surface area contributed by atoms with E-state index in [1.54, 1.807) is 6.07 Å². The van der Waals surface area contributed by atoms with E-state index in [1.165, 1.54) is 10.8 Å². The van der Waals surface area contributed by atoms with Crippen molar-refractivity contribution in [1.82, 2.24) is 0 Å². The average Bonchev–Trinajstić information content (AvgIpc) is 2.59. The molecule has 0 bridgehead atoms. The number of allylic oxidation sites excluding steroid dienone is 4. The minimum absolute atomic E-state index is 0.334. The van der Waals surface area contributed by atoms with Crippen LogP contribution in [0.3, 0.4) is 0 Å². The lowest BCUT2D eigenvalue weighted by molar-refractivity contribution is 0.474. The van der Waals surface area contributed by atoms with Gasteiger partial charge in [0.15, 0.2) is 0 Å². The molecule has 0 atom stereocenters. The van der Waals surface area contributed by atoms with Gasteiger partial charge in [-0.15, -0.1) is 0 Å². The Morgan fingerprint density at radius 1 is 1.19 bits per heavy atom. The van der Waals surface area contributed by atoms with Crippen molar-refractivity contribution < 1.29 is 5.11 Å². The minimum atomic E-state index is -0.411. The fraction of sp³-hybridized carbons (Fsp3) is 0.143. The van der Waals surface area contributed by atoms with Gasteiger partial charge in [-0.25, -0.2) is 0 Å². The van der Waals surface area contributed by atoms with Crippen molar-refractivity contribution in [2.45, 2.75) is 13.5 Å². The van der Waals surface area contributed by atoms with E-state index in [0.717, 1.165) is 5.56 Å². The number of hydrogen-bond acceptors (Lipinski definition) is 1. The summed E-state index contributed by atoms with van der Waals surface area (Å²) in [7, 11) is -0.411. The second-order valence-corrected chi connectivity index (χ2v) is 6.44. The van der Waals surface area contributed by atoms with E-state index >= 15 is 0 Å². The summed E-state index contributed by atoms with van der Waals surface area (Å²) in [5.74, 6) is 0.334. The van der Waals surface area contributed by atoms with Gasteiger partial charge in [0.05, 0.1) is 0 Å². The number of benzene rings is 1. The molecule has 1 aliphatic rings. The largest absolute Gasteiger partial charge is 0.507 e. The van der Waals surface area contributed by atoms with Crippen molar-refractivity contribution in [1.29, 1.82) is 0 Å². The molecular weight excluding hydrogens is 212 g/mol. The molecule has 0 spiro atoms. The summed E-state index contributed by atoms with van der Waals surface area (Å²) < 4.78 is 0. The molecular formula is C14H15OSi. The summed E-state index contributed by atoms with van der Waals surface area (Å²) in [6, 6.07) is 7.39. The summed E-state index contributed by atoms with van der Waals surface area (Å²) in [4.78, 5) is 0. The molecule has 1 aliphatic heterocycles. The first-order chi connectivity index (χ1) is 7.68. The Hall–Kier alpha value is -1.54. The SMILES string of the molecule is CC1=C(C=Cc2ccccc2O)C=C[Si]1C. The molecule has 16 heavy (non-hydrogen) atoms. The average molecular weight is 227 g/mol. The van der Waals surface area contributed by atoms with Crippen LogP contribution in [0, 0.1) is 0 Å². The van der Waals surface area contributed by atoms with Crippen molar-refractivity contribution in [3.63, 3.8) is 0 Å². The molecule has 0 saturated carbocycles. The van der Waals surface area contributed by atoms with Crippen molar-refractivity contribution in [2.24, 2.45) is 0 Å². The quantitative estimate of drug-likeness (QED) is 0.767. The standard InChI is InChI=1S/C14H15OSi/c1-11-12(9-10-16(11)2)7-8-13-5-3-4-6-14(13)15/h3-10,15H,1-2H3. The van der Waals surface area contributed by atoms with Gasteiger partial charge in [-0.05, 0) is 18.6 Å². The van der Waals surface area contributed by atoms with Gasteiger partial charge in [-0.3, -0.25) is 0 Å². The molecule has 1 N–H and O–H groups in total. The number of phenolic OH excluding ortho intramolecular Hbond substituents is 1. The zero-order valence-electron chi connectivity index (χ0n) is 9.57. The highest BCUT2D eigenvalue weighted by Gasteiger charge is 2.11. The molecule has 1 aromatic carbocycles. The Balaban J connectivity index is 2.23. The van der Waals surface area contributed by atoms with E-state index in [9.17, 15) is 5.11 Å². The van der Waals surface area contributed by atoms with Gasteiger partial charge in [-0.2, -0.15) is 0 Å². The van der Waals surface area contributed by atoms with E-state index < -0.39 is 8.80 Å². The van der Waals surface area contributed by atoms with Gasteiger partial charge >= 0.3 is 0 Å². The van der Waals surface area contributed by atoms with Crippen molar-refractivity contribution in [3.05, 3.63) is 58.4 Å². The van der Waals surface area contributed by atoms with E-state index in [4.69, 9.17) is 0 Å². The molecule has 0 aliphatic carbocycles. The molecule has 0 saturated heterocycles. The van der Waals surface area contributed by atoms with Crippen LogP contribution in [0.5, 0.6) is 5.75 Å². The van der Waals surface area contributed by atoms with Crippen LogP contribution in [0.2, 0.25) is 6.55 Å². The molecule has 0 fully saturated rings. The highest BCUT2D eigenvalue weighted by Crippen LogP contribution is 2.22. The second kappa shape index (κ2) is 4.54. The third-order valence-electron chi connectivity index (χ3n) is 2.92. The van der Waals surface area contributed by atoms with Crippen LogP contribution in [0.1, 0.15) is 12.5 Å². The van der Waals surface area contributed by atoms with Crippen molar-refractivity contribution in [3.8, 4) is 5.75 Å². The van der Waals surface area contributed by atoms with Gasteiger partial charge in [0.2, 0.25) is 0 Å². The first-order valence-corrected chi connectivity index (χ1v) is 7.45. The van der Waals surface area contributed by atoms with Crippen LogP contribution in [0.4, 0.5) is 0 Å². The van der Waals surface area contributed by atoms with Crippen LogP contribution in [-0.2, 0) is 0 Å². The Morgan fingerprint density at radius 3 is 2.56 bits per heavy atom.